The number of nitriles is 1. The summed E-state index contributed by atoms with van der Waals surface area (Å²) < 4.78 is 40.2. The maximum atomic E-state index is 13.5. The van der Waals surface area contributed by atoms with Crippen LogP contribution in [-0.2, 0) is 10.0 Å². The summed E-state index contributed by atoms with van der Waals surface area (Å²) >= 11 is 0. The molecule has 0 saturated heterocycles. The van der Waals surface area contributed by atoms with Crippen LogP contribution in [0.3, 0.4) is 0 Å². The second-order valence-electron chi connectivity index (χ2n) is 8.30. The van der Waals surface area contributed by atoms with Gasteiger partial charge in [0.15, 0.2) is 0 Å². The lowest BCUT2D eigenvalue weighted by atomic mass is 9.84. The Kier molecular flexibility index (Phi) is 5.60. The molecule has 1 aromatic carbocycles. The lowest BCUT2D eigenvalue weighted by Crippen LogP contribution is -2.45. The molecule has 1 heterocycles. The fourth-order valence-corrected chi connectivity index (χ4v) is 4.41. The third-order valence-corrected chi connectivity index (χ3v) is 7.53. The highest BCUT2D eigenvalue weighted by atomic mass is 32.2. The lowest BCUT2D eigenvalue weighted by Gasteiger charge is -2.30. The van der Waals surface area contributed by atoms with Gasteiger partial charge < -0.3 is 0 Å². The second kappa shape index (κ2) is 7.64. The number of nitrogens with one attached hydrogen (secondary N) is 2. The van der Waals surface area contributed by atoms with E-state index in [2.05, 4.69) is 14.9 Å². The summed E-state index contributed by atoms with van der Waals surface area (Å²) in [7, 11) is -3.35. The molecular formula is C20H25FN4O2S. The molecule has 1 aromatic heterocycles. The van der Waals surface area contributed by atoms with Crippen molar-refractivity contribution in [2.75, 3.05) is 0 Å². The Labute approximate surface area is 165 Å². The number of halogens is 1. The Hall–Kier alpha value is -2.24. The van der Waals surface area contributed by atoms with Crippen LogP contribution in [0.4, 0.5) is 4.39 Å². The number of H-pyrrole nitrogens is 1. The predicted molar refractivity (Wildman–Crippen MR) is 106 cm³/mol. The molecular weight excluding hydrogens is 379 g/mol. The fraction of sp³-hybridized carbons (Fsp3) is 0.500. The molecule has 0 amide bonds. The molecule has 1 saturated carbocycles. The summed E-state index contributed by atoms with van der Waals surface area (Å²) in [4.78, 5) is 0. The van der Waals surface area contributed by atoms with Crippen molar-refractivity contribution in [3.8, 4) is 17.3 Å². The Balaban J connectivity index is 1.66. The smallest absolute Gasteiger partial charge is 0.216 e. The minimum Gasteiger partial charge on any atom is -0.282 e. The average molecular weight is 405 g/mol. The summed E-state index contributed by atoms with van der Waals surface area (Å²) in [5.41, 5.74) is 2.33. The van der Waals surface area contributed by atoms with Gasteiger partial charge in [-0.2, -0.15) is 10.4 Å². The predicted octanol–water partition coefficient (Wildman–Crippen LogP) is 3.83. The van der Waals surface area contributed by atoms with E-state index in [1.54, 1.807) is 26.8 Å². The highest BCUT2D eigenvalue weighted by Gasteiger charge is 2.33. The zero-order valence-electron chi connectivity index (χ0n) is 16.3. The third-order valence-electron chi connectivity index (χ3n) is 5.28. The summed E-state index contributed by atoms with van der Waals surface area (Å²) in [6.07, 6.45) is 3.24. The Morgan fingerprint density at radius 1 is 1.21 bits per heavy atom. The van der Waals surface area contributed by atoms with E-state index in [4.69, 9.17) is 5.26 Å². The standard InChI is InChI=1S/C20H25FN4O2S/c1-20(2,3)28(26,27)25-16-7-4-13(5-8-16)18-11-19(24-23-18)14-6-9-17(21)15(10-14)12-22/h6,9-11,13,16,25H,4-5,7-8H2,1-3H3,(H,23,24)/t13-,16-. The van der Waals surface area contributed by atoms with Gasteiger partial charge in [0.2, 0.25) is 10.0 Å². The van der Waals surface area contributed by atoms with Crippen molar-refractivity contribution in [3.05, 3.63) is 41.3 Å². The first-order valence-electron chi connectivity index (χ1n) is 9.38. The number of rotatable bonds is 4. The molecule has 3 rings (SSSR count). The van der Waals surface area contributed by atoms with Crippen LogP contribution in [0.1, 0.15) is 63.6 Å². The first-order chi connectivity index (χ1) is 13.1. The molecule has 0 unspecified atom stereocenters. The molecule has 0 atom stereocenters. The largest absolute Gasteiger partial charge is 0.282 e. The van der Waals surface area contributed by atoms with Crippen LogP contribution in [-0.4, -0.2) is 29.4 Å². The van der Waals surface area contributed by atoms with E-state index in [-0.39, 0.29) is 17.5 Å². The number of sulfonamides is 1. The van der Waals surface area contributed by atoms with Crippen molar-refractivity contribution in [1.82, 2.24) is 14.9 Å². The van der Waals surface area contributed by atoms with Gasteiger partial charge >= 0.3 is 0 Å². The zero-order valence-corrected chi connectivity index (χ0v) is 17.1. The molecule has 0 radical (unpaired) electrons. The second-order valence-corrected chi connectivity index (χ2v) is 10.8. The number of aromatic nitrogens is 2. The first-order valence-corrected chi connectivity index (χ1v) is 10.9. The molecule has 0 spiro atoms. The van der Waals surface area contributed by atoms with Crippen molar-refractivity contribution in [3.63, 3.8) is 0 Å². The summed E-state index contributed by atoms with van der Waals surface area (Å²) in [5.74, 6) is -0.273. The fourth-order valence-electron chi connectivity index (χ4n) is 3.38. The first kappa shape index (κ1) is 20.5. The van der Waals surface area contributed by atoms with Gasteiger partial charge in [-0.1, -0.05) is 0 Å². The van der Waals surface area contributed by atoms with Crippen molar-refractivity contribution >= 4 is 10.0 Å². The Morgan fingerprint density at radius 2 is 1.89 bits per heavy atom. The zero-order chi connectivity index (χ0) is 20.5. The minimum absolute atomic E-state index is 0.00584. The van der Waals surface area contributed by atoms with Crippen LogP contribution < -0.4 is 4.72 Å². The number of hydrogen-bond donors (Lipinski definition) is 2. The molecule has 8 heteroatoms. The molecule has 0 aliphatic heterocycles. The number of hydrogen-bond acceptors (Lipinski definition) is 4. The van der Waals surface area contributed by atoms with E-state index in [9.17, 15) is 12.8 Å². The molecule has 2 aromatic rings. The van der Waals surface area contributed by atoms with Crippen LogP contribution in [0, 0.1) is 17.1 Å². The van der Waals surface area contributed by atoms with Crippen LogP contribution in [0.25, 0.3) is 11.3 Å². The Morgan fingerprint density at radius 3 is 2.50 bits per heavy atom. The summed E-state index contributed by atoms with van der Waals surface area (Å²) in [6.45, 7) is 5.08. The lowest BCUT2D eigenvalue weighted by molar-refractivity contribution is 0.367. The van der Waals surface area contributed by atoms with Crippen LogP contribution in [0.5, 0.6) is 0 Å². The molecule has 1 fully saturated rings. The average Bonchev–Trinajstić information content (AvgIpc) is 3.11. The quantitative estimate of drug-likeness (QED) is 0.809. The van der Waals surface area contributed by atoms with Crippen LogP contribution >= 0.6 is 0 Å². The molecule has 6 nitrogen and oxygen atoms in total. The van der Waals surface area contributed by atoms with Crippen molar-refractivity contribution in [2.45, 2.75) is 63.2 Å². The van der Waals surface area contributed by atoms with Gasteiger partial charge in [0.05, 0.1) is 16.0 Å². The summed E-state index contributed by atoms with van der Waals surface area (Å²) in [5, 5.41) is 16.3. The van der Waals surface area contributed by atoms with Gasteiger partial charge in [-0.3, -0.25) is 5.10 Å². The Bertz CT molecular complexity index is 994. The van der Waals surface area contributed by atoms with E-state index >= 15 is 0 Å². The molecule has 1 aliphatic rings. The van der Waals surface area contributed by atoms with E-state index in [0.29, 0.717) is 11.3 Å². The van der Waals surface area contributed by atoms with E-state index in [0.717, 1.165) is 31.4 Å². The maximum Gasteiger partial charge on any atom is 0.216 e. The number of nitrogens with zero attached hydrogens (tertiary/aromatic N) is 2. The van der Waals surface area contributed by atoms with Crippen LogP contribution in [0.15, 0.2) is 24.3 Å². The number of aromatic amines is 1. The topological polar surface area (TPSA) is 98.6 Å². The van der Waals surface area contributed by atoms with Gasteiger partial charge in [-0.15, -0.1) is 0 Å². The monoisotopic (exact) mass is 404 g/mol. The molecule has 2 N–H and O–H groups in total. The van der Waals surface area contributed by atoms with Gasteiger partial charge in [0.1, 0.15) is 11.9 Å². The number of benzene rings is 1. The minimum atomic E-state index is -3.35. The van der Waals surface area contributed by atoms with Gasteiger partial charge in [-0.25, -0.2) is 17.5 Å². The molecule has 0 bridgehead atoms. The van der Waals surface area contributed by atoms with Crippen molar-refractivity contribution in [2.24, 2.45) is 0 Å². The van der Waals surface area contributed by atoms with Crippen molar-refractivity contribution < 1.29 is 12.8 Å². The third kappa shape index (κ3) is 4.26. The SMILES string of the molecule is CC(C)(C)S(=O)(=O)N[C@H]1CC[C@H](c2cc(-c3ccc(F)c(C#N)c3)n[nH]2)CC1. The molecule has 150 valence electrons. The maximum absolute atomic E-state index is 13.5. The highest BCUT2D eigenvalue weighted by Crippen LogP contribution is 2.34. The summed E-state index contributed by atoms with van der Waals surface area (Å²) in [6, 6.07) is 8.10. The molecule has 1 aliphatic carbocycles. The normalized spacial score (nSPS) is 20.7. The highest BCUT2D eigenvalue weighted by molar-refractivity contribution is 7.90. The van der Waals surface area contributed by atoms with Crippen LogP contribution in [0.2, 0.25) is 0 Å². The van der Waals surface area contributed by atoms with E-state index in [1.807, 2.05) is 12.1 Å². The van der Waals surface area contributed by atoms with Gasteiger partial charge in [0, 0.05) is 23.2 Å². The van der Waals surface area contributed by atoms with Crippen molar-refractivity contribution in [1.29, 1.82) is 5.26 Å². The van der Waals surface area contributed by atoms with Gasteiger partial charge in [0.25, 0.3) is 0 Å². The van der Waals surface area contributed by atoms with Gasteiger partial charge in [-0.05, 0) is 70.7 Å². The van der Waals surface area contributed by atoms with E-state index in [1.165, 1.54) is 12.1 Å². The van der Waals surface area contributed by atoms with E-state index < -0.39 is 20.6 Å². The molecule has 28 heavy (non-hydrogen) atoms.